The van der Waals surface area contributed by atoms with Crippen molar-refractivity contribution in [2.24, 2.45) is 10.4 Å². The lowest BCUT2D eigenvalue weighted by Crippen LogP contribution is -2.44. The smallest absolute Gasteiger partial charge is 0.191 e. The molecule has 0 atom stereocenters. The predicted octanol–water partition coefficient (Wildman–Crippen LogP) is 2.84. The molecule has 162 valence electrons. The second kappa shape index (κ2) is 12.6. The van der Waals surface area contributed by atoms with Crippen molar-refractivity contribution < 1.29 is 17.9 Å². The summed E-state index contributed by atoms with van der Waals surface area (Å²) in [5.41, 5.74) is 0.860. The van der Waals surface area contributed by atoms with E-state index < -0.39 is 15.7 Å². The van der Waals surface area contributed by atoms with Crippen LogP contribution < -0.4 is 10.6 Å². The van der Waals surface area contributed by atoms with E-state index in [1.807, 2.05) is 20.8 Å². The number of nitrogens with one attached hydrogen (secondary N) is 2. The summed E-state index contributed by atoms with van der Waals surface area (Å²) in [6, 6.07) is 4.07. The van der Waals surface area contributed by atoms with Crippen LogP contribution in [0.5, 0.6) is 0 Å². The molecule has 3 N–H and O–H groups in total. The summed E-state index contributed by atoms with van der Waals surface area (Å²) >= 11 is 0. The highest BCUT2D eigenvalue weighted by Crippen LogP contribution is 2.24. The molecule has 0 amide bonds. The van der Waals surface area contributed by atoms with Gasteiger partial charge in [0.1, 0.15) is 5.82 Å². The number of nitrogens with zero attached hydrogens (tertiary/aromatic N) is 1. The molecule has 0 fully saturated rings. The van der Waals surface area contributed by atoms with Gasteiger partial charge >= 0.3 is 0 Å². The Hall–Kier alpha value is -0.940. The molecule has 0 saturated carbocycles. The number of benzene rings is 1. The number of sulfone groups is 1. The fourth-order valence-electron chi connectivity index (χ4n) is 2.72. The van der Waals surface area contributed by atoms with E-state index in [1.165, 1.54) is 18.2 Å². The first-order chi connectivity index (χ1) is 12.7. The zero-order chi connectivity index (χ0) is 20.5. The zero-order valence-corrected chi connectivity index (χ0v) is 20.2. The topological polar surface area (TPSA) is 90.8 Å². The number of halogens is 2. The van der Waals surface area contributed by atoms with Gasteiger partial charge < -0.3 is 15.7 Å². The van der Waals surface area contributed by atoms with Gasteiger partial charge in [0.15, 0.2) is 15.8 Å². The van der Waals surface area contributed by atoms with E-state index in [2.05, 4.69) is 15.6 Å². The molecule has 1 rings (SSSR count). The molecule has 9 heteroatoms. The van der Waals surface area contributed by atoms with E-state index >= 15 is 0 Å². The summed E-state index contributed by atoms with van der Waals surface area (Å²) in [5, 5.41) is 16.1. The number of rotatable bonds is 10. The molecule has 0 spiro atoms. The van der Waals surface area contributed by atoms with Crippen LogP contribution in [0.2, 0.25) is 0 Å². The first-order valence-corrected chi connectivity index (χ1v) is 11.3. The predicted molar refractivity (Wildman–Crippen MR) is 123 cm³/mol. The Bertz CT molecular complexity index is 730. The van der Waals surface area contributed by atoms with Gasteiger partial charge in [0.25, 0.3) is 0 Å². The van der Waals surface area contributed by atoms with Gasteiger partial charge in [-0.25, -0.2) is 17.8 Å². The Morgan fingerprint density at radius 3 is 2.32 bits per heavy atom. The molecule has 6 nitrogen and oxygen atoms in total. The van der Waals surface area contributed by atoms with Crippen LogP contribution in [-0.4, -0.2) is 45.4 Å². The molecule has 0 aliphatic carbocycles. The van der Waals surface area contributed by atoms with Gasteiger partial charge in [-0.05, 0) is 43.0 Å². The lowest BCUT2D eigenvalue weighted by Gasteiger charge is -2.30. The molecule has 1 aromatic carbocycles. The minimum atomic E-state index is -3.23. The van der Waals surface area contributed by atoms with Crippen LogP contribution in [0.1, 0.15) is 44.7 Å². The largest absolute Gasteiger partial charge is 0.396 e. The minimum Gasteiger partial charge on any atom is -0.396 e. The number of hydrogen-bond acceptors (Lipinski definition) is 4. The van der Waals surface area contributed by atoms with Crippen molar-refractivity contribution in [2.75, 3.05) is 26.0 Å². The van der Waals surface area contributed by atoms with Crippen LogP contribution in [0.25, 0.3) is 0 Å². The molecule has 28 heavy (non-hydrogen) atoms. The summed E-state index contributed by atoms with van der Waals surface area (Å²) in [6.07, 6.45) is 2.81. The average Bonchev–Trinajstić information content (AvgIpc) is 2.62. The number of aliphatic imine (C=N–C) groups is 1. The van der Waals surface area contributed by atoms with Gasteiger partial charge in [0.05, 0.1) is 18.9 Å². The third kappa shape index (κ3) is 9.04. The second-order valence-corrected chi connectivity index (χ2v) is 9.04. The molecule has 0 unspecified atom stereocenters. The quantitative estimate of drug-likeness (QED) is 0.247. The third-order valence-electron chi connectivity index (χ3n) is 4.80. The zero-order valence-electron chi connectivity index (χ0n) is 17.1. The first kappa shape index (κ1) is 27.1. The summed E-state index contributed by atoms with van der Waals surface area (Å²) in [7, 11) is -3.23. The van der Waals surface area contributed by atoms with E-state index in [9.17, 15) is 17.9 Å². The molecule has 1 aromatic rings. The number of guanidine groups is 1. The highest BCUT2D eigenvalue weighted by atomic mass is 127. The van der Waals surface area contributed by atoms with Crippen LogP contribution in [0.4, 0.5) is 4.39 Å². The fraction of sp³-hybridized carbons (Fsp3) is 0.632. The van der Waals surface area contributed by atoms with Crippen LogP contribution in [0, 0.1) is 11.2 Å². The van der Waals surface area contributed by atoms with Gasteiger partial charge in [0, 0.05) is 24.8 Å². The molecule has 0 aromatic heterocycles. The fourth-order valence-corrected chi connectivity index (χ4v) is 3.57. The Balaban J connectivity index is 0.00000729. The maximum absolute atomic E-state index is 13.6. The molecule has 0 heterocycles. The highest BCUT2D eigenvalue weighted by molar-refractivity contribution is 14.0. The molecular weight excluding hydrogens is 496 g/mol. The number of aliphatic hydroxyl groups excluding tert-OH is 1. The van der Waals surface area contributed by atoms with Crippen LogP contribution in [-0.2, 0) is 22.1 Å². The van der Waals surface area contributed by atoms with Crippen LogP contribution in [0.3, 0.4) is 0 Å². The third-order valence-corrected chi connectivity index (χ3v) is 5.64. The number of hydrogen-bond donors (Lipinski definition) is 3. The molecule has 0 saturated heterocycles. The Morgan fingerprint density at radius 1 is 1.18 bits per heavy atom. The Kier molecular flexibility index (Phi) is 12.2. The van der Waals surface area contributed by atoms with E-state index in [-0.39, 0.29) is 48.3 Å². The van der Waals surface area contributed by atoms with Gasteiger partial charge in [-0.1, -0.05) is 19.9 Å². The van der Waals surface area contributed by atoms with E-state index in [4.69, 9.17) is 0 Å². The van der Waals surface area contributed by atoms with Crippen LogP contribution in [0.15, 0.2) is 23.2 Å². The maximum Gasteiger partial charge on any atom is 0.191 e. The van der Waals surface area contributed by atoms with Crippen molar-refractivity contribution >= 4 is 39.8 Å². The molecule has 0 bridgehead atoms. The van der Waals surface area contributed by atoms with E-state index in [0.29, 0.717) is 30.2 Å². The van der Waals surface area contributed by atoms with Crippen molar-refractivity contribution in [3.8, 4) is 0 Å². The first-order valence-electron chi connectivity index (χ1n) is 9.26. The van der Waals surface area contributed by atoms with Crippen molar-refractivity contribution in [2.45, 2.75) is 45.9 Å². The van der Waals surface area contributed by atoms with E-state index in [0.717, 1.165) is 19.1 Å². The summed E-state index contributed by atoms with van der Waals surface area (Å²) < 4.78 is 36.9. The minimum absolute atomic E-state index is 0. The second-order valence-electron chi connectivity index (χ2n) is 6.90. The van der Waals surface area contributed by atoms with E-state index in [1.54, 1.807) is 0 Å². The Labute approximate surface area is 185 Å². The number of aliphatic hydroxyl groups is 1. The summed E-state index contributed by atoms with van der Waals surface area (Å²) in [5.74, 6) is -0.0278. The summed E-state index contributed by atoms with van der Waals surface area (Å²) in [6.45, 7) is 7.45. The van der Waals surface area contributed by atoms with Gasteiger partial charge in [-0.3, -0.25) is 0 Å². The van der Waals surface area contributed by atoms with Crippen molar-refractivity contribution in [1.29, 1.82) is 0 Å². The van der Waals surface area contributed by atoms with Gasteiger partial charge in [0.2, 0.25) is 0 Å². The van der Waals surface area contributed by atoms with Crippen molar-refractivity contribution in [3.05, 3.63) is 35.1 Å². The Morgan fingerprint density at radius 2 is 1.82 bits per heavy atom. The average molecular weight is 529 g/mol. The standard InChI is InChI=1S/C19H32FN3O3S.HI/c1-5-19(6-2,14-24)13-23-18(21-7-3)22-11-16-10-17(20)9-8-15(16)12-27(4,25)26;/h8-10,24H,5-7,11-14H2,1-4H3,(H2,21,22,23);1H. The normalized spacial score (nSPS) is 12.4. The molecule has 0 aliphatic heterocycles. The van der Waals surface area contributed by atoms with Crippen molar-refractivity contribution in [1.82, 2.24) is 10.6 Å². The van der Waals surface area contributed by atoms with Gasteiger partial charge in [-0.2, -0.15) is 0 Å². The molecule has 0 radical (unpaired) electrons. The molecular formula is C19H33FIN3O3S. The lowest BCUT2D eigenvalue weighted by molar-refractivity contribution is 0.118. The maximum atomic E-state index is 13.6. The summed E-state index contributed by atoms with van der Waals surface area (Å²) in [4.78, 5) is 4.47. The monoisotopic (exact) mass is 529 g/mol. The highest BCUT2D eigenvalue weighted by Gasteiger charge is 2.25. The SMILES string of the molecule is CCNC(=NCc1cc(F)ccc1CS(C)(=O)=O)NCC(CC)(CC)CO.I. The lowest BCUT2D eigenvalue weighted by atomic mass is 9.83. The van der Waals surface area contributed by atoms with Gasteiger partial charge in [-0.15, -0.1) is 24.0 Å². The van der Waals surface area contributed by atoms with Crippen LogP contribution >= 0.6 is 24.0 Å². The molecule has 0 aliphatic rings. The van der Waals surface area contributed by atoms with Crippen molar-refractivity contribution in [3.63, 3.8) is 0 Å².